The molecule has 8 heteroatoms. The van der Waals surface area contributed by atoms with E-state index in [1.54, 1.807) is 29.2 Å². The molecule has 4 nitrogen and oxygen atoms in total. The number of amides is 2. The lowest BCUT2D eigenvalue weighted by molar-refractivity contribution is -0.139. The van der Waals surface area contributed by atoms with E-state index in [4.69, 9.17) is 34.8 Å². The van der Waals surface area contributed by atoms with Crippen molar-refractivity contribution in [3.05, 3.63) is 63.1 Å². The van der Waals surface area contributed by atoms with E-state index in [0.29, 0.717) is 21.5 Å². The Morgan fingerprint density at radius 3 is 2.26 bits per heavy atom. The normalized spacial score (nSPS) is 12.8. The molecule has 0 spiro atoms. The third kappa shape index (κ3) is 7.90. The van der Waals surface area contributed by atoms with Gasteiger partial charge in [-0.05, 0) is 61.7 Å². The summed E-state index contributed by atoms with van der Waals surface area (Å²) in [6, 6.07) is 12.0. The fourth-order valence-electron chi connectivity index (χ4n) is 2.95. The smallest absolute Gasteiger partial charge is 0.243 e. The van der Waals surface area contributed by atoms with Crippen molar-refractivity contribution in [3.8, 4) is 0 Å². The second-order valence-corrected chi connectivity index (χ2v) is 9.55. The van der Waals surface area contributed by atoms with E-state index in [-0.39, 0.29) is 30.2 Å². The van der Waals surface area contributed by atoms with Crippen molar-refractivity contribution in [2.75, 3.05) is 5.75 Å². The van der Waals surface area contributed by atoms with Crippen LogP contribution < -0.4 is 5.32 Å². The van der Waals surface area contributed by atoms with Crippen LogP contribution in [0.4, 0.5) is 0 Å². The highest BCUT2D eigenvalue weighted by Crippen LogP contribution is 2.25. The molecule has 31 heavy (non-hydrogen) atoms. The van der Waals surface area contributed by atoms with Gasteiger partial charge in [-0.25, -0.2) is 0 Å². The molecule has 0 fully saturated rings. The van der Waals surface area contributed by atoms with E-state index in [9.17, 15) is 9.59 Å². The van der Waals surface area contributed by atoms with Gasteiger partial charge in [-0.1, -0.05) is 54.7 Å². The van der Waals surface area contributed by atoms with Gasteiger partial charge < -0.3 is 10.2 Å². The number of carbonyl (C=O) groups excluding carboxylic acids is 2. The van der Waals surface area contributed by atoms with Crippen LogP contribution in [0.5, 0.6) is 0 Å². The van der Waals surface area contributed by atoms with E-state index in [1.165, 1.54) is 11.8 Å². The summed E-state index contributed by atoms with van der Waals surface area (Å²) in [6.45, 7) is 6.13. The largest absolute Gasteiger partial charge is 0.352 e. The van der Waals surface area contributed by atoms with Gasteiger partial charge in [0, 0.05) is 22.5 Å². The molecular formula is C23H27Cl3N2O2S. The SMILES string of the molecule is CC[C@H](C(=O)N[C@@H](C)CC)N(Cc1ccc(Cl)c(Cl)c1)C(=O)CSc1ccc(Cl)cc1. The van der Waals surface area contributed by atoms with Crippen molar-refractivity contribution in [1.82, 2.24) is 10.2 Å². The first-order valence-corrected chi connectivity index (χ1v) is 12.3. The molecule has 0 aliphatic carbocycles. The molecule has 2 rings (SSSR count). The van der Waals surface area contributed by atoms with E-state index in [0.717, 1.165) is 16.9 Å². The van der Waals surface area contributed by atoms with Crippen molar-refractivity contribution in [1.29, 1.82) is 0 Å². The molecule has 0 saturated carbocycles. The van der Waals surface area contributed by atoms with Crippen LogP contribution in [-0.4, -0.2) is 34.6 Å². The number of rotatable bonds is 10. The number of carbonyl (C=O) groups is 2. The van der Waals surface area contributed by atoms with Gasteiger partial charge in [0.05, 0.1) is 15.8 Å². The summed E-state index contributed by atoms with van der Waals surface area (Å²) >= 11 is 19.5. The maximum absolute atomic E-state index is 13.2. The van der Waals surface area contributed by atoms with Gasteiger partial charge in [-0.3, -0.25) is 9.59 Å². The van der Waals surface area contributed by atoms with Crippen LogP contribution in [0.25, 0.3) is 0 Å². The summed E-state index contributed by atoms with van der Waals surface area (Å²) in [5.74, 6) is -0.0743. The first kappa shape index (κ1) is 25.9. The maximum atomic E-state index is 13.2. The molecular weight excluding hydrogens is 475 g/mol. The van der Waals surface area contributed by atoms with Crippen molar-refractivity contribution in [2.45, 2.75) is 57.1 Å². The zero-order valence-electron chi connectivity index (χ0n) is 17.8. The van der Waals surface area contributed by atoms with Crippen LogP contribution in [0.15, 0.2) is 47.4 Å². The van der Waals surface area contributed by atoms with Crippen LogP contribution in [-0.2, 0) is 16.1 Å². The topological polar surface area (TPSA) is 49.4 Å². The molecule has 0 radical (unpaired) electrons. The Labute approximate surface area is 203 Å². The lowest BCUT2D eigenvalue weighted by Crippen LogP contribution is -2.51. The average molecular weight is 502 g/mol. The van der Waals surface area contributed by atoms with Crippen molar-refractivity contribution in [3.63, 3.8) is 0 Å². The molecule has 2 aromatic carbocycles. The molecule has 0 saturated heterocycles. The molecule has 0 unspecified atom stereocenters. The second-order valence-electron chi connectivity index (χ2n) is 7.25. The summed E-state index contributed by atoms with van der Waals surface area (Å²) in [6.07, 6.45) is 1.32. The minimum Gasteiger partial charge on any atom is -0.352 e. The van der Waals surface area contributed by atoms with E-state index < -0.39 is 6.04 Å². The predicted octanol–water partition coefficient (Wildman–Crippen LogP) is 6.46. The first-order chi connectivity index (χ1) is 14.7. The lowest BCUT2D eigenvalue weighted by Gasteiger charge is -2.31. The molecule has 168 valence electrons. The lowest BCUT2D eigenvalue weighted by atomic mass is 10.1. The monoisotopic (exact) mass is 500 g/mol. The summed E-state index contributed by atoms with van der Waals surface area (Å²) in [5.41, 5.74) is 0.814. The van der Waals surface area contributed by atoms with Gasteiger partial charge in [-0.2, -0.15) is 0 Å². The minimum atomic E-state index is -0.582. The number of nitrogens with one attached hydrogen (secondary N) is 1. The molecule has 2 aromatic rings. The highest BCUT2D eigenvalue weighted by atomic mass is 35.5. The third-order valence-corrected chi connectivity index (χ3v) is 6.89. The zero-order valence-corrected chi connectivity index (χ0v) is 20.9. The van der Waals surface area contributed by atoms with Crippen molar-refractivity contribution >= 4 is 58.4 Å². The van der Waals surface area contributed by atoms with Crippen LogP contribution >= 0.6 is 46.6 Å². The van der Waals surface area contributed by atoms with Gasteiger partial charge in [0.1, 0.15) is 6.04 Å². The van der Waals surface area contributed by atoms with Crippen LogP contribution in [0.1, 0.15) is 39.2 Å². The Bertz CT molecular complexity index is 893. The quantitative estimate of drug-likeness (QED) is 0.380. The fraction of sp³-hybridized carbons (Fsp3) is 0.391. The van der Waals surface area contributed by atoms with E-state index in [1.807, 2.05) is 39.0 Å². The van der Waals surface area contributed by atoms with Crippen LogP contribution in [0.3, 0.4) is 0 Å². The third-order valence-electron chi connectivity index (χ3n) is 4.90. The highest BCUT2D eigenvalue weighted by Gasteiger charge is 2.29. The molecule has 0 aliphatic rings. The minimum absolute atomic E-state index is 0.0342. The second kappa shape index (κ2) is 12.6. The van der Waals surface area contributed by atoms with Gasteiger partial charge in [0.15, 0.2) is 0 Å². The Morgan fingerprint density at radius 2 is 1.68 bits per heavy atom. The molecule has 2 atom stereocenters. The van der Waals surface area contributed by atoms with Gasteiger partial charge in [0.25, 0.3) is 0 Å². The Kier molecular flexibility index (Phi) is 10.5. The summed E-state index contributed by atoms with van der Waals surface area (Å²) in [7, 11) is 0. The van der Waals surface area contributed by atoms with E-state index >= 15 is 0 Å². The molecule has 0 heterocycles. The number of thioether (sulfide) groups is 1. The number of hydrogen-bond donors (Lipinski definition) is 1. The molecule has 1 N–H and O–H groups in total. The Balaban J connectivity index is 2.23. The molecule has 0 aliphatic heterocycles. The molecule has 0 aromatic heterocycles. The van der Waals surface area contributed by atoms with E-state index in [2.05, 4.69) is 5.32 Å². The predicted molar refractivity (Wildman–Crippen MR) is 131 cm³/mol. The summed E-state index contributed by atoms with van der Waals surface area (Å²) in [4.78, 5) is 28.7. The average Bonchev–Trinajstić information content (AvgIpc) is 2.75. The summed E-state index contributed by atoms with van der Waals surface area (Å²) in [5, 5.41) is 4.51. The van der Waals surface area contributed by atoms with Gasteiger partial charge in [0.2, 0.25) is 11.8 Å². The van der Waals surface area contributed by atoms with Crippen LogP contribution in [0, 0.1) is 0 Å². The number of benzene rings is 2. The van der Waals surface area contributed by atoms with Crippen LogP contribution in [0.2, 0.25) is 15.1 Å². The van der Waals surface area contributed by atoms with Gasteiger partial charge in [-0.15, -0.1) is 11.8 Å². The Hall–Kier alpha value is -1.40. The fourth-order valence-corrected chi connectivity index (χ4v) is 4.19. The molecule has 2 amide bonds. The first-order valence-electron chi connectivity index (χ1n) is 10.2. The standard InChI is InChI=1S/C23H27Cl3N2O2S/c1-4-15(3)27-23(30)21(5-2)28(13-16-6-11-19(25)20(26)12-16)22(29)14-31-18-9-7-17(24)8-10-18/h6-12,15,21H,4-5,13-14H2,1-3H3,(H,27,30)/t15-,21+/m0/s1. The number of nitrogens with zero attached hydrogens (tertiary/aromatic N) is 1. The number of halogens is 3. The van der Waals surface area contributed by atoms with Gasteiger partial charge >= 0.3 is 0 Å². The van der Waals surface area contributed by atoms with Crippen molar-refractivity contribution in [2.24, 2.45) is 0 Å². The summed E-state index contributed by atoms with van der Waals surface area (Å²) < 4.78 is 0. The Morgan fingerprint density at radius 1 is 1.00 bits per heavy atom. The number of hydrogen-bond acceptors (Lipinski definition) is 3. The van der Waals surface area contributed by atoms with Crippen molar-refractivity contribution < 1.29 is 9.59 Å². The highest BCUT2D eigenvalue weighted by molar-refractivity contribution is 8.00. The maximum Gasteiger partial charge on any atom is 0.243 e. The molecule has 0 bridgehead atoms. The zero-order chi connectivity index (χ0) is 23.0.